The van der Waals surface area contributed by atoms with Gasteiger partial charge in [0.15, 0.2) is 9.84 Å². The molecule has 1 aliphatic heterocycles. The van der Waals surface area contributed by atoms with Crippen LogP contribution in [0.15, 0.2) is 42.5 Å². The fraction of sp³-hybridized carbons (Fsp3) is 0.375. The molecule has 0 saturated carbocycles. The number of carboxylic acid groups (broad SMARTS) is 1. The van der Waals surface area contributed by atoms with E-state index in [-0.39, 0.29) is 35.2 Å². The Bertz CT molecular complexity index is 1330. The van der Waals surface area contributed by atoms with Crippen molar-refractivity contribution in [2.24, 2.45) is 0 Å². The first kappa shape index (κ1) is 24.8. The van der Waals surface area contributed by atoms with E-state index in [0.29, 0.717) is 5.56 Å². The van der Waals surface area contributed by atoms with Crippen LogP contribution in [0.25, 0.3) is 11.1 Å². The Morgan fingerprint density at radius 2 is 1.77 bits per heavy atom. The summed E-state index contributed by atoms with van der Waals surface area (Å²) in [5, 5.41) is 10.1. The summed E-state index contributed by atoms with van der Waals surface area (Å²) in [5.41, 5.74) is 0.224. The molecule has 1 fully saturated rings. The minimum atomic E-state index is -3.63. The maximum absolute atomic E-state index is 14.7. The lowest BCUT2D eigenvalue weighted by molar-refractivity contribution is -0.147. The van der Waals surface area contributed by atoms with Crippen LogP contribution in [-0.2, 0) is 25.3 Å². The largest absolute Gasteiger partial charge is 0.480 e. The van der Waals surface area contributed by atoms with E-state index in [1.54, 1.807) is 12.1 Å². The van der Waals surface area contributed by atoms with Crippen molar-refractivity contribution in [2.75, 3.05) is 13.1 Å². The zero-order valence-corrected chi connectivity index (χ0v) is 19.8. The number of carboxylic acids is 1. The molecular weight excluding hydrogens is 482 g/mol. The normalized spacial score (nSPS) is 20.4. The Balaban J connectivity index is 1.49. The Kier molecular flexibility index (Phi) is 6.16. The van der Waals surface area contributed by atoms with Crippen LogP contribution >= 0.6 is 0 Å². The van der Waals surface area contributed by atoms with Gasteiger partial charge in [-0.05, 0) is 43.5 Å². The molecule has 8 nitrogen and oxygen atoms in total. The van der Waals surface area contributed by atoms with E-state index in [2.05, 4.69) is 5.32 Å². The Labute approximate surface area is 200 Å². The highest BCUT2D eigenvalue weighted by Gasteiger charge is 2.46. The van der Waals surface area contributed by atoms with E-state index in [1.807, 2.05) is 0 Å². The first-order valence-electron chi connectivity index (χ1n) is 11.0. The van der Waals surface area contributed by atoms with Crippen molar-refractivity contribution in [1.29, 1.82) is 0 Å². The summed E-state index contributed by atoms with van der Waals surface area (Å²) in [6.45, 7) is 2.12. The number of halogens is 2. The summed E-state index contributed by atoms with van der Waals surface area (Å²) in [7, 11) is -3.63. The number of hydrogen-bond donors (Lipinski definition) is 2. The van der Waals surface area contributed by atoms with E-state index >= 15 is 0 Å². The fourth-order valence-corrected chi connectivity index (χ4v) is 6.20. The summed E-state index contributed by atoms with van der Waals surface area (Å²) in [5.74, 6) is -5.97. The molecule has 2 aliphatic rings. The lowest BCUT2D eigenvalue weighted by atomic mass is 10.0. The molecule has 2 amide bonds. The van der Waals surface area contributed by atoms with Crippen LogP contribution < -0.4 is 5.32 Å². The molecule has 0 spiro atoms. The second-order valence-electron chi connectivity index (χ2n) is 8.96. The van der Waals surface area contributed by atoms with Gasteiger partial charge in [0.25, 0.3) is 11.8 Å². The average Bonchev–Trinajstić information content (AvgIpc) is 3.36. The Morgan fingerprint density at radius 3 is 2.43 bits per heavy atom. The van der Waals surface area contributed by atoms with Crippen molar-refractivity contribution in [1.82, 2.24) is 10.2 Å². The van der Waals surface area contributed by atoms with Gasteiger partial charge >= 0.3 is 5.97 Å². The highest BCUT2D eigenvalue weighted by molar-refractivity contribution is 7.92. The predicted octanol–water partition coefficient (Wildman–Crippen LogP) is 2.41. The second kappa shape index (κ2) is 8.71. The van der Waals surface area contributed by atoms with Gasteiger partial charge in [0.2, 0.25) is 5.91 Å². The van der Waals surface area contributed by atoms with Gasteiger partial charge < -0.3 is 15.3 Å². The molecule has 11 heteroatoms. The van der Waals surface area contributed by atoms with E-state index in [1.165, 1.54) is 44.2 Å². The van der Waals surface area contributed by atoms with Gasteiger partial charge in [-0.25, -0.2) is 13.2 Å². The number of amides is 2. The minimum absolute atomic E-state index is 0.0560. The van der Waals surface area contributed by atoms with Crippen molar-refractivity contribution in [2.45, 2.75) is 42.7 Å². The number of likely N-dealkylation sites (tertiary alicyclic amines) is 1. The third-order valence-electron chi connectivity index (χ3n) is 6.57. The van der Waals surface area contributed by atoms with Crippen LogP contribution in [0.3, 0.4) is 0 Å². The van der Waals surface area contributed by atoms with Crippen molar-refractivity contribution >= 4 is 27.6 Å². The molecule has 2 N–H and O–H groups in total. The zero-order valence-electron chi connectivity index (χ0n) is 19.0. The van der Waals surface area contributed by atoms with Crippen LogP contribution in [0.2, 0.25) is 0 Å². The molecule has 2 aromatic carbocycles. The molecule has 2 aromatic rings. The highest BCUT2D eigenvalue weighted by Crippen LogP contribution is 2.50. The van der Waals surface area contributed by atoms with Gasteiger partial charge in [0, 0.05) is 23.2 Å². The summed E-state index contributed by atoms with van der Waals surface area (Å²) in [6.07, 6.45) is -0.228. The number of fused-ring (bicyclic) bond motifs is 3. The topological polar surface area (TPSA) is 121 Å². The van der Waals surface area contributed by atoms with Crippen LogP contribution in [0.5, 0.6) is 0 Å². The van der Waals surface area contributed by atoms with Crippen LogP contribution in [-0.4, -0.2) is 65.8 Å². The van der Waals surface area contributed by atoms with Crippen molar-refractivity contribution < 1.29 is 36.7 Å². The fourth-order valence-electron chi connectivity index (χ4n) is 4.61. The van der Waals surface area contributed by atoms with Crippen molar-refractivity contribution in [3.8, 4) is 11.1 Å². The van der Waals surface area contributed by atoms with Gasteiger partial charge in [-0.3, -0.25) is 9.59 Å². The molecule has 0 radical (unpaired) electrons. The van der Waals surface area contributed by atoms with E-state index in [4.69, 9.17) is 0 Å². The Hall–Kier alpha value is -3.34. The number of sulfone groups is 1. The lowest BCUT2D eigenvalue weighted by Gasteiger charge is -2.21. The summed E-state index contributed by atoms with van der Waals surface area (Å²) in [4.78, 5) is 38.0. The number of nitrogens with zero attached hydrogens (tertiary/aromatic N) is 1. The SMILES string of the molecule is CC(C)S(=O)(=O)[C@@H]1C[C@@H](C(=O)O)N(C(=O)CNC(=O)c2ccc3c(c2)-c2ccccc2C3(F)F)C1. The minimum Gasteiger partial charge on any atom is -0.480 e. The summed E-state index contributed by atoms with van der Waals surface area (Å²) in [6, 6.07) is 8.42. The molecule has 4 rings (SSSR count). The van der Waals surface area contributed by atoms with E-state index in [0.717, 1.165) is 4.90 Å². The number of nitrogens with one attached hydrogen (secondary N) is 1. The number of carbonyl (C=O) groups excluding carboxylic acids is 2. The number of rotatable bonds is 6. The van der Waals surface area contributed by atoms with Crippen molar-refractivity contribution in [3.05, 3.63) is 59.2 Å². The maximum Gasteiger partial charge on any atom is 0.326 e. The molecule has 186 valence electrons. The first-order valence-corrected chi connectivity index (χ1v) is 12.6. The molecule has 1 heterocycles. The lowest BCUT2D eigenvalue weighted by Crippen LogP contribution is -2.45. The quantitative estimate of drug-likeness (QED) is 0.621. The molecule has 0 aromatic heterocycles. The van der Waals surface area contributed by atoms with Crippen LogP contribution in [0, 0.1) is 0 Å². The van der Waals surface area contributed by atoms with Crippen LogP contribution in [0.4, 0.5) is 8.78 Å². The first-order chi connectivity index (χ1) is 16.4. The third-order valence-corrected chi connectivity index (χ3v) is 9.15. The smallest absolute Gasteiger partial charge is 0.326 e. The maximum atomic E-state index is 14.7. The molecule has 1 aliphatic carbocycles. The van der Waals surface area contributed by atoms with E-state index in [9.17, 15) is 36.7 Å². The number of carbonyl (C=O) groups is 3. The number of aliphatic carboxylic acids is 1. The van der Waals surface area contributed by atoms with Gasteiger partial charge in [-0.15, -0.1) is 0 Å². The zero-order chi connectivity index (χ0) is 25.7. The van der Waals surface area contributed by atoms with E-state index < -0.39 is 56.6 Å². The van der Waals surface area contributed by atoms with Gasteiger partial charge in [0.05, 0.1) is 17.0 Å². The summed E-state index contributed by atoms with van der Waals surface area (Å²) < 4.78 is 54.4. The highest BCUT2D eigenvalue weighted by atomic mass is 32.2. The number of benzene rings is 2. The molecule has 0 unspecified atom stereocenters. The standard InChI is InChI=1S/C24H24F2N2O6S/c1-13(2)35(33,34)15-10-20(23(31)32)28(12-15)21(29)11-27-22(30)14-7-8-19-17(9-14)16-5-3-4-6-18(16)24(19,25)26/h3-9,13,15,20H,10-12H2,1-2H3,(H,27,30)(H,31,32)/t15-,20+/m1/s1. The predicted molar refractivity (Wildman–Crippen MR) is 123 cm³/mol. The molecular formula is C24H24F2N2O6S. The second-order valence-corrected chi connectivity index (χ2v) is 11.7. The molecule has 35 heavy (non-hydrogen) atoms. The van der Waals surface area contributed by atoms with Crippen LogP contribution in [0.1, 0.15) is 41.8 Å². The average molecular weight is 507 g/mol. The Morgan fingerprint density at radius 1 is 1.11 bits per heavy atom. The number of hydrogen-bond acceptors (Lipinski definition) is 5. The molecule has 1 saturated heterocycles. The number of alkyl halides is 2. The van der Waals surface area contributed by atoms with Gasteiger partial charge in [-0.1, -0.05) is 30.3 Å². The molecule has 0 bridgehead atoms. The molecule has 2 atom stereocenters. The van der Waals surface area contributed by atoms with Gasteiger partial charge in [-0.2, -0.15) is 8.78 Å². The van der Waals surface area contributed by atoms with Gasteiger partial charge in [0.1, 0.15) is 6.04 Å². The monoisotopic (exact) mass is 506 g/mol. The third kappa shape index (κ3) is 4.18. The van der Waals surface area contributed by atoms with Crippen molar-refractivity contribution in [3.63, 3.8) is 0 Å². The summed E-state index contributed by atoms with van der Waals surface area (Å²) >= 11 is 0.